The van der Waals surface area contributed by atoms with Gasteiger partial charge in [-0.1, -0.05) is 30.3 Å². The van der Waals surface area contributed by atoms with Gasteiger partial charge in [-0.15, -0.1) is 0 Å². The van der Waals surface area contributed by atoms with Crippen molar-refractivity contribution in [2.45, 2.75) is 6.54 Å². The van der Waals surface area contributed by atoms with E-state index in [9.17, 15) is 9.59 Å². The second-order valence-corrected chi connectivity index (χ2v) is 6.08. The van der Waals surface area contributed by atoms with Crippen LogP contribution in [0.4, 0.5) is 0 Å². The Morgan fingerprint density at radius 3 is 2.04 bits per heavy atom. The van der Waals surface area contributed by atoms with Crippen molar-refractivity contribution in [1.29, 1.82) is 0 Å². The Hall–Kier alpha value is -2.66. The van der Waals surface area contributed by atoms with Gasteiger partial charge >= 0.3 is 5.97 Å². The molecule has 1 amide bonds. The Labute approximate surface area is 148 Å². The number of esters is 1. The first-order chi connectivity index (χ1) is 12.0. The molecule has 0 aliphatic rings. The fourth-order valence-electron chi connectivity index (χ4n) is 2.43. The second kappa shape index (κ2) is 8.99. The van der Waals surface area contributed by atoms with Crippen LogP contribution in [0.5, 0.6) is 0 Å². The van der Waals surface area contributed by atoms with Gasteiger partial charge in [0.2, 0.25) is 0 Å². The maximum atomic E-state index is 12.9. The molecule has 0 bridgehead atoms. The van der Waals surface area contributed by atoms with Crippen LogP contribution < -0.4 is 0 Å². The number of ether oxygens (including phenoxy) is 1. The molecule has 0 radical (unpaired) electrons. The van der Waals surface area contributed by atoms with Crippen LogP contribution in [0.15, 0.2) is 54.6 Å². The lowest BCUT2D eigenvalue weighted by Gasteiger charge is -2.25. The summed E-state index contributed by atoms with van der Waals surface area (Å²) in [4.78, 5) is 28.3. The molecule has 5 nitrogen and oxygen atoms in total. The number of carbonyl (C=O) groups excluding carboxylic acids is 2. The summed E-state index contributed by atoms with van der Waals surface area (Å²) in [5.41, 5.74) is 2.07. The predicted molar refractivity (Wildman–Crippen MR) is 97.5 cm³/mol. The zero-order valence-electron chi connectivity index (χ0n) is 14.9. The SMILES string of the molecule is COC(=O)c1ccc(C(=O)N(CCN(C)C)Cc2ccccc2)cc1. The molecule has 0 aliphatic carbocycles. The predicted octanol–water partition coefficient (Wildman–Crippen LogP) is 2.68. The van der Waals surface area contributed by atoms with Crippen LogP contribution in [0, 0.1) is 0 Å². The van der Waals surface area contributed by atoms with E-state index in [-0.39, 0.29) is 5.91 Å². The Kier molecular flexibility index (Phi) is 6.71. The highest BCUT2D eigenvalue weighted by atomic mass is 16.5. The molecule has 0 heterocycles. The number of nitrogens with zero attached hydrogens (tertiary/aromatic N) is 2. The molecule has 0 aliphatic heterocycles. The van der Waals surface area contributed by atoms with Crippen molar-refractivity contribution in [2.24, 2.45) is 0 Å². The van der Waals surface area contributed by atoms with Crippen LogP contribution in [-0.2, 0) is 11.3 Å². The Balaban J connectivity index is 2.17. The third kappa shape index (κ3) is 5.43. The van der Waals surface area contributed by atoms with Crippen LogP contribution in [0.3, 0.4) is 0 Å². The number of amides is 1. The minimum atomic E-state index is -0.409. The van der Waals surface area contributed by atoms with Gasteiger partial charge in [-0.2, -0.15) is 0 Å². The zero-order chi connectivity index (χ0) is 18.2. The smallest absolute Gasteiger partial charge is 0.337 e. The van der Waals surface area contributed by atoms with Gasteiger partial charge in [-0.25, -0.2) is 4.79 Å². The Morgan fingerprint density at radius 1 is 0.880 bits per heavy atom. The first-order valence-corrected chi connectivity index (χ1v) is 8.17. The van der Waals surface area contributed by atoms with E-state index in [1.807, 2.05) is 54.2 Å². The summed E-state index contributed by atoms with van der Waals surface area (Å²) in [5.74, 6) is -0.463. The lowest BCUT2D eigenvalue weighted by Crippen LogP contribution is -2.36. The molecule has 0 atom stereocenters. The van der Waals surface area contributed by atoms with Crippen LogP contribution in [0.25, 0.3) is 0 Å². The maximum absolute atomic E-state index is 12.9. The molecule has 25 heavy (non-hydrogen) atoms. The van der Waals surface area contributed by atoms with Crippen molar-refractivity contribution in [2.75, 3.05) is 34.3 Å². The average Bonchev–Trinajstić information content (AvgIpc) is 2.64. The fraction of sp³-hybridized carbons (Fsp3) is 0.300. The van der Waals surface area contributed by atoms with Gasteiger partial charge in [-0.05, 0) is 43.9 Å². The molecule has 2 rings (SSSR count). The monoisotopic (exact) mass is 340 g/mol. The highest BCUT2D eigenvalue weighted by molar-refractivity contribution is 5.96. The molecular formula is C20H24N2O3. The van der Waals surface area contributed by atoms with Gasteiger partial charge in [0.05, 0.1) is 12.7 Å². The van der Waals surface area contributed by atoms with E-state index in [1.165, 1.54) is 7.11 Å². The van der Waals surface area contributed by atoms with E-state index in [4.69, 9.17) is 0 Å². The van der Waals surface area contributed by atoms with E-state index in [0.717, 1.165) is 12.1 Å². The lowest BCUT2D eigenvalue weighted by atomic mass is 10.1. The molecule has 0 aromatic heterocycles. The molecule has 0 fully saturated rings. The topological polar surface area (TPSA) is 49.9 Å². The van der Waals surface area contributed by atoms with Gasteiger partial charge in [0.1, 0.15) is 0 Å². The van der Waals surface area contributed by atoms with Gasteiger partial charge in [0, 0.05) is 25.2 Å². The van der Waals surface area contributed by atoms with Crippen molar-refractivity contribution >= 4 is 11.9 Å². The molecule has 2 aromatic rings. The lowest BCUT2D eigenvalue weighted by molar-refractivity contribution is 0.0599. The highest BCUT2D eigenvalue weighted by Gasteiger charge is 2.17. The van der Waals surface area contributed by atoms with Crippen molar-refractivity contribution in [3.05, 3.63) is 71.3 Å². The summed E-state index contributed by atoms with van der Waals surface area (Å²) in [6.45, 7) is 1.95. The summed E-state index contributed by atoms with van der Waals surface area (Å²) < 4.78 is 4.69. The first kappa shape index (κ1) is 18.7. The van der Waals surface area contributed by atoms with Crippen LogP contribution in [0.2, 0.25) is 0 Å². The number of benzene rings is 2. The summed E-state index contributed by atoms with van der Waals surface area (Å²) >= 11 is 0. The normalized spacial score (nSPS) is 10.6. The van der Waals surface area contributed by atoms with Crippen LogP contribution in [0.1, 0.15) is 26.3 Å². The highest BCUT2D eigenvalue weighted by Crippen LogP contribution is 2.12. The van der Waals surface area contributed by atoms with Crippen molar-refractivity contribution in [3.8, 4) is 0 Å². The van der Waals surface area contributed by atoms with Gasteiger partial charge in [0.25, 0.3) is 5.91 Å². The number of hydrogen-bond donors (Lipinski definition) is 0. The number of rotatable bonds is 7. The maximum Gasteiger partial charge on any atom is 0.337 e. The molecule has 0 saturated heterocycles. The summed E-state index contributed by atoms with van der Waals surface area (Å²) in [6, 6.07) is 16.5. The summed E-state index contributed by atoms with van der Waals surface area (Å²) in [6.07, 6.45) is 0. The third-order valence-corrected chi connectivity index (χ3v) is 3.87. The molecule has 0 saturated carbocycles. The van der Waals surface area contributed by atoms with Crippen molar-refractivity contribution < 1.29 is 14.3 Å². The largest absolute Gasteiger partial charge is 0.465 e. The molecule has 132 valence electrons. The average molecular weight is 340 g/mol. The van der Waals surface area contributed by atoms with E-state index in [0.29, 0.717) is 24.2 Å². The molecule has 0 spiro atoms. The fourth-order valence-corrected chi connectivity index (χ4v) is 2.43. The van der Waals surface area contributed by atoms with Crippen molar-refractivity contribution in [1.82, 2.24) is 9.80 Å². The van der Waals surface area contributed by atoms with E-state index in [2.05, 4.69) is 4.74 Å². The van der Waals surface area contributed by atoms with Gasteiger partial charge in [-0.3, -0.25) is 4.79 Å². The number of hydrogen-bond acceptors (Lipinski definition) is 4. The van der Waals surface area contributed by atoms with E-state index in [1.54, 1.807) is 24.3 Å². The minimum Gasteiger partial charge on any atom is -0.465 e. The van der Waals surface area contributed by atoms with Crippen LogP contribution >= 0.6 is 0 Å². The molecule has 2 aromatic carbocycles. The van der Waals surface area contributed by atoms with Crippen LogP contribution in [-0.4, -0.2) is 56.0 Å². The second-order valence-electron chi connectivity index (χ2n) is 6.08. The quantitative estimate of drug-likeness (QED) is 0.727. The molecule has 5 heteroatoms. The first-order valence-electron chi connectivity index (χ1n) is 8.17. The molecular weight excluding hydrogens is 316 g/mol. The minimum absolute atomic E-state index is 0.0536. The van der Waals surface area contributed by atoms with E-state index < -0.39 is 5.97 Å². The summed E-state index contributed by atoms with van der Waals surface area (Å²) in [7, 11) is 5.30. The van der Waals surface area contributed by atoms with Gasteiger partial charge in [0.15, 0.2) is 0 Å². The number of methoxy groups -OCH3 is 1. The third-order valence-electron chi connectivity index (χ3n) is 3.87. The zero-order valence-corrected chi connectivity index (χ0v) is 14.9. The molecule has 0 N–H and O–H groups in total. The van der Waals surface area contributed by atoms with E-state index >= 15 is 0 Å². The Bertz CT molecular complexity index is 697. The molecule has 0 unspecified atom stereocenters. The number of carbonyl (C=O) groups is 2. The van der Waals surface area contributed by atoms with Gasteiger partial charge < -0.3 is 14.5 Å². The summed E-state index contributed by atoms with van der Waals surface area (Å²) in [5, 5.41) is 0. The number of likely N-dealkylation sites (N-methyl/N-ethyl adjacent to an activating group) is 1. The standard InChI is InChI=1S/C20H24N2O3/c1-21(2)13-14-22(15-16-7-5-4-6-8-16)19(23)17-9-11-18(12-10-17)20(24)25-3/h4-12H,13-15H2,1-3H3. The Morgan fingerprint density at radius 2 is 1.48 bits per heavy atom. The van der Waals surface area contributed by atoms with Crippen molar-refractivity contribution in [3.63, 3.8) is 0 Å².